The van der Waals surface area contributed by atoms with Crippen molar-refractivity contribution in [2.75, 3.05) is 53.0 Å². The number of carbonyl (C=O) groups excluding carboxylic acids is 2. The number of nitrogens with zero attached hydrogens (tertiary/aromatic N) is 3. The van der Waals surface area contributed by atoms with Gasteiger partial charge in [-0.25, -0.2) is 17.2 Å². The van der Waals surface area contributed by atoms with Crippen LogP contribution in [0.3, 0.4) is 0 Å². The molecular weight excluding hydrogens is 420 g/mol. The second-order valence-electron chi connectivity index (χ2n) is 6.82. The lowest BCUT2D eigenvalue weighted by atomic mass is 10.2. The molecule has 30 heavy (non-hydrogen) atoms. The minimum atomic E-state index is -3.62. The molecule has 0 aromatic heterocycles. The van der Waals surface area contributed by atoms with E-state index >= 15 is 0 Å². The van der Waals surface area contributed by atoms with Gasteiger partial charge in [-0.15, -0.1) is 0 Å². The van der Waals surface area contributed by atoms with Crippen LogP contribution in [0.25, 0.3) is 0 Å². The van der Waals surface area contributed by atoms with E-state index in [0.717, 1.165) is 4.90 Å². The highest BCUT2D eigenvalue weighted by atomic mass is 32.2. The van der Waals surface area contributed by atoms with Crippen LogP contribution in [0.1, 0.15) is 12.8 Å². The van der Waals surface area contributed by atoms with E-state index in [1.165, 1.54) is 28.4 Å². The summed E-state index contributed by atoms with van der Waals surface area (Å²) < 4.78 is 56.7. The van der Waals surface area contributed by atoms with Gasteiger partial charge in [-0.1, -0.05) is 18.2 Å². The molecule has 1 fully saturated rings. The predicted molar refractivity (Wildman–Crippen MR) is 105 cm³/mol. The van der Waals surface area contributed by atoms with Crippen molar-refractivity contribution < 1.29 is 31.5 Å². The lowest BCUT2D eigenvalue weighted by Crippen LogP contribution is -2.50. The van der Waals surface area contributed by atoms with Gasteiger partial charge in [0.15, 0.2) is 0 Å². The number of halogens is 2. The summed E-state index contributed by atoms with van der Waals surface area (Å²) in [7, 11) is -2.21. The van der Waals surface area contributed by atoms with Crippen molar-refractivity contribution in [1.29, 1.82) is 0 Å². The molecule has 0 bridgehead atoms. The maximum Gasteiger partial charge on any atom is 0.255 e. The maximum absolute atomic E-state index is 12.7. The molecule has 8 nitrogen and oxygen atoms in total. The van der Waals surface area contributed by atoms with Crippen LogP contribution >= 0.6 is 0 Å². The molecule has 0 atom stereocenters. The SMILES string of the molecule is COCCN(CC(F)F)C(=O)CCC(=O)N1CCN(S(=O)(=O)c2ccccc2)CC1. The number of sulfonamides is 1. The van der Waals surface area contributed by atoms with Crippen LogP contribution in [0, 0.1) is 0 Å². The molecule has 0 aliphatic carbocycles. The van der Waals surface area contributed by atoms with Crippen molar-refractivity contribution in [2.45, 2.75) is 24.2 Å². The fraction of sp³-hybridized carbons (Fsp3) is 0.579. The number of ether oxygens (including phenoxy) is 1. The highest BCUT2D eigenvalue weighted by Crippen LogP contribution is 2.17. The van der Waals surface area contributed by atoms with E-state index in [4.69, 9.17) is 4.74 Å². The number of alkyl halides is 2. The maximum atomic E-state index is 12.7. The zero-order valence-corrected chi connectivity index (χ0v) is 17.7. The van der Waals surface area contributed by atoms with E-state index in [1.54, 1.807) is 18.2 Å². The van der Waals surface area contributed by atoms with Crippen molar-refractivity contribution >= 4 is 21.8 Å². The van der Waals surface area contributed by atoms with Crippen LogP contribution in [0.2, 0.25) is 0 Å². The third-order valence-corrected chi connectivity index (χ3v) is 6.71. The van der Waals surface area contributed by atoms with Gasteiger partial charge in [-0.2, -0.15) is 4.31 Å². The monoisotopic (exact) mass is 447 g/mol. The Morgan fingerprint density at radius 2 is 1.73 bits per heavy atom. The molecule has 1 heterocycles. The third kappa shape index (κ3) is 6.71. The van der Waals surface area contributed by atoms with Gasteiger partial charge in [0.2, 0.25) is 21.8 Å². The van der Waals surface area contributed by atoms with Gasteiger partial charge in [0, 0.05) is 52.7 Å². The third-order valence-electron chi connectivity index (χ3n) is 4.80. The van der Waals surface area contributed by atoms with Crippen LogP contribution < -0.4 is 0 Å². The highest BCUT2D eigenvalue weighted by Gasteiger charge is 2.30. The van der Waals surface area contributed by atoms with Crippen molar-refractivity contribution in [3.8, 4) is 0 Å². The van der Waals surface area contributed by atoms with E-state index in [9.17, 15) is 26.8 Å². The van der Waals surface area contributed by atoms with E-state index in [2.05, 4.69) is 0 Å². The quantitative estimate of drug-likeness (QED) is 0.535. The Hall–Kier alpha value is -2.11. The van der Waals surface area contributed by atoms with E-state index in [1.807, 2.05) is 0 Å². The summed E-state index contributed by atoms with van der Waals surface area (Å²) in [6, 6.07) is 8.07. The standard InChI is InChI=1S/C19H27F2N3O5S/c1-29-14-13-23(15-17(20)21)19(26)8-7-18(25)22-9-11-24(12-10-22)30(27,28)16-5-3-2-4-6-16/h2-6,17H,7-15H2,1H3. The lowest BCUT2D eigenvalue weighted by Gasteiger charge is -2.34. The smallest absolute Gasteiger partial charge is 0.255 e. The molecule has 1 aliphatic rings. The summed E-state index contributed by atoms with van der Waals surface area (Å²) in [5, 5.41) is 0. The van der Waals surface area contributed by atoms with Gasteiger partial charge in [-0.3, -0.25) is 9.59 Å². The summed E-state index contributed by atoms with van der Waals surface area (Å²) in [4.78, 5) is 27.3. The van der Waals surface area contributed by atoms with Crippen molar-refractivity contribution in [1.82, 2.24) is 14.1 Å². The molecule has 11 heteroatoms. The number of piperazine rings is 1. The normalized spacial score (nSPS) is 15.4. The molecule has 0 N–H and O–H groups in total. The molecule has 0 unspecified atom stereocenters. The fourth-order valence-electron chi connectivity index (χ4n) is 3.14. The Morgan fingerprint density at radius 1 is 1.10 bits per heavy atom. The van der Waals surface area contributed by atoms with Crippen LogP contribution in [0.15, 0.2) is 35.2 Å². The molecule has 1 saturated heterocycles. The number of methoxy groups -OCH3 is 1. The molecule has 0 radical (unpaired) electrons. The Kier molecular flexibility index (Phi) is 9.12. The Morgan fingerprint density at radius 3 is 2.30 bits per heavy atom. The Labute approximate surface area is 175 Å². The number of benzene rings is 1. The number of rotatable bonds is 10. The second kappa shape index (κ2) is 11.3. The molecular formula is C19H27F2N3O5S. The van der Waals surface area contributed by atoms with Gasteiger partial charge >= 0.3 is 0 Å². The fourth-order valence-corrected chi connectivity index (χ4v) is 4.58. The van der Waals surface area contributed by atoms with Crippen LogP contribution in [0.4, 0.5) is 8.78 Å². The van der Waals surface area contributed by atoms with Gasteiger partial charge in [0.05, 0.1) is 18.0 Å². The van der Waals surface area contributed by atoms with Crippen LogP contribution in [-0.2, 0) is 24.3 Å². The Balaban J connectivity index is 1.84. The minimum Gasteiger partial charge on any atom is -0.383 e. The summed E-state index contributed by atoms with van der Waals surface area (Å²) in [6.45, 7) is 0.193. The summed E-state index contributed by atoms with van der Waals surface area (Å²) >= 11 is 0. The van der Waals surface area contributed by atoms with Gasteiger partial charge in [-0.05, 0) is 12.1 Å². The molecule has 168 valence electrons. The average molecular weight is 448 g/mol. The minimum absolute atomic E-state index is 0.0316. The molecule has 2 rings (SSSR count). The number of hydrogen-bond donors (Lipinski definition) is 0. The van der Waals surface area contributed by atoms with Crippen LogP contribution in [-0.4, -0.2) is 93.7 Å². The van der Waals surface area contributed by atoms with Gasteiger partial charge in [0.25, 0.3) is 6.43 Å². The van der Waals surface area contributed by atoms with Crippen molar-refractivity contribution in [3.05, 3.63) is 30.3 Å². The highest BCUT2D eigenvalue weighted by molar-refractivity contribution is 7.89. The first-order chi connectivity index (χ1) is 14.3. The summed E-state index contributed by atoms with van der Waals surface area (Å²) in [5.41, 5.74) is 0. The molecule has 1 aromatic rings. The first-order valence-corrected chi connectivity index (χ1v) is 11.1. The topological polar surface area (TPSA) is 87.2 Å². The first-order valence-electron chi connectivity index (χ1n) is 9.63. The van der Waals surface area contributed by atoms with E-state index in [0.29, 0.717) is 0 Å². The molecule has 1 aromatic carbocycles. The van der Waals surface area contributed by atoms with Crippen molar-refractivity contribution in [2.24, 2.45) is 0 Å². The first kappa shape index (κ1) is 24.2. The predicted octanol–water partition coefficient (Wildman–Crippen LogP) is 1.04. The zero-order valence-electron chi connectivity index (χ0n) is 16.9. The van der Waals surface area contributed by atoms with Crippen LogP contribution in [0.5, 0.6) is 0 Å². The number of amides is 2. The molecule has 2 amide bonds. The second-order valence-corrected chi connectivity index (χ2v) is 8.76. The largest absolute Gasteiger partial charge is 0.383 e. The van der Waals surface area contributed by atoms with Gasteiger partial charge in [0.1, 0.15) is 0 Å². The van der Waals surface area contributed by atoms with E-state index < -0.39 is 28.9 Å². The zero-order chi connectivity index (χ0) is 22.1. The molecule has 0 saturated carbocycles. The Bertz CT molecular complexity index is 800. The number of hydrogen-bond acceptors (Lipinski definition) is 5. The molecule has 1 aliphatic heterocycles. The van der Waals surface area contributed by atoms with E-state index in [-0.39, 0.29) is 63.0 Å². The van der Waals surface area contributed by atoms with Crippen molar-refractivity contribution in [3.63, 3.8) is 0 Å². The lowest BCUT2D eigenvalue weighted by molar-refractivity contribution is -0.139. The molecule has 0 spiro atoms. The number of carbonyl (C=O) groups is 2. The average Bonchev–Trinajstić information content (AvgIpc) is 2.75. The summed E-state index contributed by atoms with van der Waals surface area (Å²) in [6.07, 6.45) is -2.96. The van der Waals surface area contributed by atoms with Gasteiger partial charge < -0.3 is 14.5 Å². The summed E-state index contributed by atoms with van der Waals surface area (Å²) in [5.74, 6) is -0.838.